The van der Waals surface area contributed by atoms with Crippen LogP contribution in [-0.2, 0) is 11.3 Å². The maximum atomic E-state index is 11.5. The van der Waals surface area contributed by atoms with Crippen LogP contribution in [0.3, 0.4) is 0 Å². The standard InChI is InChI=1S/C12H19N3O3/c1-7(2)13-10(16)5-6-15-9(4)11(12(17)18)8(3)14-15/h7H,5-6H2,1-4H3,(H,13,16)(H,17,18). The zero-order valence-electron chi connectivity index (χ0n) is 11.1. The van der Waals surface area contributed by atoms with Gasteiger partial charge in [0.1, 0.15) is 5.56 Å². The Hall–Kier alpha value is -1.85. The molecule has 1 aromatic rings. The summed E-state index contributed by atoms with van der Waals surface area (Å²) in [6.45, 7) is 7.52. The molecule has 6 heteroatoms. The first kappa shape index (κ1) is 14.2. The summed E-state index contributed by atoms with van der Waals surface area (Å²) in [7, 11) is 0. The number of nitrogens with zero attached hydrogens (tertiary/aromatic N) is 2. The summed E-state index contributed by atoms with van der Waals surface area (Å²) in [6.07, 6.45) is 0.291. The quantitative estimate of drug-likeness (QED) is 0.823. The van der Waals surface area contributed by atoms with Crippen LogP contribution in [0.15, 0.2) is 0 Å². The zero-order valence-corrected chi connectivity index (χ0v) is 11.1. The predicted molar refractivity (Wildman–Crippen MR) is 66.6 cm³/mol. The van der Waals surface area contributed by atoms with Crippen molar-refractivity contribution in [3.8, 4) is 0 Å². The highest BCUT2D eigenvalue weighted by molar-refractivity contribution is 5.90. The summed E-state index contributed by atoms with van der Waals surface area (Å²) in [4.78, 5) is 22.5. The summed E-state index contributed by atoms with van der Waals surface area (Å²) in [6, 6.07) is 0.104. The third kappa shape index (κ3) is 3.32. The molecule has 0 aliphatic carbocycles. The Balaban J connectivity index is 2.72. The molecule has 2 N–H and O–H groups in total. The first-order valence-electron chi connectivity index (χ1n) is 5.89. The van der Waals surface area contributed by atoms with Crippen LogP contribution in [0.2, 0.25) is 0 Å². The second-order valence-corrected chi connectivity index (χ2v) is 4.55. The van der Waals surface area contributed by atoms with Gasteiger partial charge in [-0.1, -0.05) is 0 Å². The van der Waals surface area contributed by atoms with E-state index in [9.17, 15) is 9.59 Å². The maximum Gasteiger partial charge on any atom is 0.339 e. The molecule has 0 aromatic carbocycles. The number of aromatic nitrogens is 2. The monoisotopic (exact) mass is 253 g/mol. The van der Waals surface area contributed by atoms with E-state index in [0.717, 1.165) is 0 Å². The number of nitrogens with one attached hydrogen (secondary N) is 1. The Bertz CT molecular complexity index is 463. The Morgan fingerprint density at radius 2 is 2.00 bits per heavy atom. The van der Waals surface area contributed by atoms with E-state index < -0.39 is 5.97 Å². The van der Waals surface area contributed by atoms with Gasteiger partial charge in [-0.15, -0.1) is 0 Å². The fraction of sp³-hybridized carbons (Fsp3) is 0.583. The fourth-order valence-electron chi connectivity index (χ4n) is 1.83. The second kappa shape index (κ2) is 5.66. The first-order chi connectivity index (χ1) is 8.32. The molecule has 1 amide bonds. The minimum absolute atomic E-state index is 0.0607. The summed E-state index contributed by atoms with van der Waals surface area (Å²) >= 11 is 0. The van der Waals surface area contributed by atoms with Crippen molar-refractivity contribution in [2.45, 2.75) is 46.7 Å². The van der Waals surface area contributed by atoms with Gasteiger partial charge >= 0.3 is 5.97 Å². The normalized spacial score (nSPS) is 10.7. The van der Waals surface area contributed by atoms with Gasteiger partial charge in [-0.25, -0.2) is 4.79 Å². The van der Waals surface area contributed by atoms with Gasteiger partial charge in [0.05, 0.1) is 11.4 Å². The van der Waals surface area contributed by atoms with E-state index in [-0.39, 0.29) is 17.5 Å². The van der Waals surface area contributed by atoms with Crippen molar-refractivity contribution in [2.75, 3.05) is 0 Å². The summed E-state index contributed by atoms with van der Waals surface area (Å²) < 4.78 is 1.57. The highest BCUT2D eigenvalue weighted by Gasteiger charge is 2.17. The molecule has 18 heavy (non-hydrogen) atoms. The Labute approximate surface area is 106 Å². The average molecular weight is 253 g/mol. The van der Waals surface area contributed by atoms with Crippen molar-refractivity contribution in [1.82, 2.24) is 15.1 Å². The Morgan fingerprint density at radius 3 is 2.44 bits per heavy atom. The number of hydrogen-bond donors (Lipinski definition) is 2. The van der Waals surface area contributed by atoms with Crippen LogP contribution in [0.5, 0.6) is 0 Å². The van der Waals surface area contributed by atoms with E-state index in [2.05, 4.69) is 10.4 Å². The third-order valence-corrected chi connectivity index (χ3v) is 2.60. The zero-order chi connectivity index (χ0) is 13.9. The molecule has 0 atom stereocenters. The molecular weight excluding hydrogens is 234 g/mol. The molecule has 0 aliphatic heterocycles. The van der Waals surface area contributed by atoms with Crippen LogP contribution in [0.25, 0.3) is 0 Å². The molecule has 0 aliphatic rings. The van der Waals surface area contributed by atoms with Crippen molar-refractivity contribution < 1.29 is 14.7 Å². The van der Waals surface area contributed by atoms with Crippen LogP contribution in [0, 0.1) is 13.8 Å². The molecule has 0 radical (unpaired) electrons. The molecule has 100 valence electrons. The molecule has 0 unspecified atom stereocenters. The van der Waals surface area contributed by atoms with E-state index >= 15 is 0 Å². The first-order valence-corrected chi connectivity index (χ1v) is 5.89. The molecule has 1 aromatic heterocycles. The minimum atomic E-state index is -0.983. The number of carboxylic acid groups (broad SMARTS) is 1. The number of aryl methyl sites for hydroxylation is 2. The smallest absolute Gasteiger partial charge is 0.339 e. The number of rotatable bonds is 5. The van der Waals surface area contributed by atoms with Gasteiger partial charge in [-0.2, -0.15) is 5.10 Å². The van der Waals surface area contributed by atoms with Crippen LogP contribution in [-0.4, -0.2) is 32.8 Å². The lowest BCUT2D eigenvalue weighted by atomic mass is 10.2. The maximum absolute atomic E-state index is 11.5. The van der Waals surface area contributed by atoms with E-state index in [1.165, 1.54) is 0 Å². The van der Waals surface area contributed by atoms with Gasteiger partial charge in [0.25, 0.3) is 0 Å². The second-order valence-electron chi connectivity index (χ2n) is 4.55. The predicted octanol–water partition coefficient (Wildman–Crippen LogP) is 1.11. The number of aromatic carboxylic acids is 1. The number of carbonyl (C=O) groups is 2. The number of carbonyl (C=O) groups excluding carboxylic acids is 1. The number of amides is 1. The SMILES string of the molecule is Cc1nn(CCC(=O)NC(C)C)c(C)c1C(=O)O. The van der Waals surface area contributed by atoms with Crippen molar-refractivity contribution in [2.24, 2.45) is 0 Å². The summed E-state index contributed by atoms with van der Waals surface area (Å²) in [5.41, 5.74) is 1.28. The van der Waals surface area contributed by atoms with Gasteiger partial charge in [0.2, 0.25) is 5.91 Å². The fourth-order valence-corrected chi connectivity index (χ4v) is 1.83. The van der Waals surface area contributed by atoms with E-state index in [1.54, 1.807) is 18.5 Å². The molecule has 6 nitrogen and oxygen atoms in total. The van der Waals surface area contributed by atoms with Crippen LogP contribution in [0.4, 0.5) is 0 Å². The van der Waals surface area contributed by atoms with Gasteiger partial charge in [0, 0.05) is 19.0 Å². The highest BCUT2D eigenvalue weighted by Crippen LogP contribution is 2.13. The third-order valence-electron chi connectivity index (χ3n) is 2.60. The minimum Gasteiger partial charge on any atom is -0.478 e. The lowest BCUT2D eigenvalue weighted by Gasteiger charge is -2.08. The summed E-state index contributed by atoms with van der Waals surface area (Å²) in [5, 5.41) is 15.9. The highest BCUT2D eigenvalue weighted by atomic mass is 16.4. The Kier molecular flexibility index (Phi) is 4.47. The van der Waals surface area contributed by atoms with Crippen molar-refractivity contribution in [1.29, 1.82) is 0 Å². The van der Waals surface area contributed by atoms with Gasteiger partial charge in [-0.05, 0) is 27.7 Å². The van der Waals surface area contributed by atoms with Gasteiger partial charge in [-0.3, -0.25) is 9.48 Å². The van der Waals surface area contributed by atoms with Crippen molar-refractivity contribution in [3.05, 3.63) is 17.0 Å². The Morgan fingerprint density at radius 1 is 1.39 bits per heavy atom. The lowest BCUT2D eigenvalue weighted by molar-refractivity contribution is -0.121. The average Bonchev–Trinajstić information content (AvgIpc) is 2.49. The molecule has 0 saturated carbocycles. The van der Waals surface area contributed by atoms with E-state index in [4.69, 9.17) is 5.11 Å². The van der Waals surface area contributed by atoms with E-state index in [0.29, 0.717) is 24.4 Å². The summed E-state index contributed by atoms with van der Waals surface area (Å²) in [5.74, 6) is -1.04. The van der Waals surface area contributed by atoms with Crippen LogP contribution in [0.1, 0.15) is 42.0 Å². The van der Waals surface area contributed by atoms with Crippen molar-refractivity contribution >= 4 is 11.9 Å². The molecule has 0 fully saturated rings. The van der Waals surface area contributed by atoms with Gasteiger partial charge in [0.15, 0.2) is 0 Å². The lowest BCUT2D eigenvalue weighted by Crippen LogP contribution is -2.30. The largest absolute Gasteiger partial charge is 0.478 e. The number of carboxylic acids is 1. The topological polar surface area (TPSA) is 84.2 Å². The van der Waals surface area contributed by atoms with Crippen molar-refractivity contribution in [3.63, 3.8) is 0 Å². The molecular formula is C12H19N3O3. The van der Waals surface area contributed by atoms with Crippen LogP contribution < -0.4 is 5.32 Å². The molecule has 1 heterocycles. The molecule has 0 bridgehead atoms. The molecule has 1 rings (SSSR count). The number of hydrogen-bond acceptors (Lipinski definition) is 3. The van der Waals surface area contributed by atoms with Crippen LogP contribution >= 0.6 is 0 Å². The van der Waals surface area contributed by atoms with Gasteiger partial charge < -0.3 is 10.4 Å². The molecule has 0 saturated heterocycles. The van der Waals surface area contributed by atoms with E-state index in [1.807, 2.05) is 13.8 Å². The molecule has 0 spiro atoms.